The number of carbonyl (C=O) groups is 5. The summed E-state index contributed by atoms with van der Waals surface area (Å²) in [5.41, 5.74) is 20.0. The number of hydrogen-bond donors (Lipinski definition) is 1. The van der Waals surface area contributed by atoms with Crippen molar-refractivity contribution in [3.8, 4) is 22.3 Å². The minimum atomic E-state index is -0.263. The molecule has 8 heteroatoms. The summed E-state index contributed by atoms with van der Waals surface area (Å²) in [6.07, 6.45) is 2.73. The van der Waals surface area contributed by atoms with Crippen molar-refractivity contribution in [2.75, 3.05) is 16.4 Å². The van der Waals surface area contributed by atoms with Crippen molar-refractivity contribution in [2.24, 2.45) is 0 Å². The number of hydrogen-bond acceptors (Lipinski definition) is 8. The lowest BCUT2D eigenvalue weighted by Crippen LogP contribution is -2.16. The average Bonchev–Trinajstić information content (AvgIpc) is 2.06. The van der Waals surface area contributed by atoms with E-state index in [9.17, 15) is 24.0 Å². The molecule has 412 valence electrons. The standard InChI is InChI=1S/C37H27NO2.C28H23NO.C9H6O2.C2H6O/c1-37(2)33-22-24(21-32-35(39)30-15-9-10-16-31(30)36(32)40)17-19-28(33)29-20-18-27(23-34(29)37)38(25-11-5-3-6-12-25)26-13-7-4-8-14-26;1-28(2)26-17-20(19-30)13-15-24(26)25-16-14-23(18-27(25)28)29(21-9-5-3-6-10-21)22-11-7-4-8-12-22;10-8-5-9(11)7-4-2-1-3-6(7)8;1-2-3/h3-23H,1-2H3;3-19H,1-2H3;1-4H,5H2;3H,2H2,1H3. The van der Waals surface area contributed by atoms with Gasteiger partial charge in [-0.1, -0.05) is 191 Å². The van der Waals surface area contributed by atoms with Gasteiger partial charge in [-0.05, 0) is 142 Å². The summed E-state index contributed by atoms with van der Waals surface area (Å²) < 4.78 is 0. The van der Waals surface area contributed by atoms with Crippen LogP contribution >= 0.6 is 0 Å². The Kier molecular flexibility index (Phi) is 15.5. The second kappa shape index (κ2) is 23.4. The molecular weight excluding hydrogens is 1040 g/mol. The zero-order chi connectivity index (χ0) is 58.7. The second-order valence-corrected chi connectivity index (χ2v) is 22.1. The van der Waals surface area contributed by atoms with E-state index in [4.69, 9.17) is 5.11 Å². The van der Waals surface area contributed by atoms with Crippen LogP contribution in [0.25, 0.3) is 28.3 Å². The van der Waals surface area contributed by atoms with Gasteiger partial charge in [-0.2, -0.15) is 0 Å². The molecule has 0 saturated carbocycles. The number of Topliss-reactive ketones (excluding diaryl/α,β-unsaturated/α-hetero) is 4. The molecule has 10 aromatic rings. The van der Waals surface area contributed by atoms with E-state index in [1.807, 2.05) is 42.5 Å². The molecule has 14 rings (SSSR count). The highest BCUT2D eigenvalue weighted by Gasteiger charge is 2.39. The molecule has 0 unspecified atom stereocenters. The highest BCUT2D eigenvalue weighted by Crippen LogP contribution is 2.53. The second-order valence-electron chi connectivity index (χ2n) is 22.1. The molecule has 0 bridgehead atoms. The minimum absolute atomic E-state index is 0.0504. The van der Waals surface area contributed by atoms with Crippen LogP contribution < -0.4 is 9.80 Å². The smallest absolute Gasteiger partial charge is 0.197 e. The van der Waals surface area contributed by atoms with Gasteiger partial charge in [0, 0.05) is 79.4 Å². The minimum Gasteiger partial charge on any atom is -0.397 e. The van der Waals surface area contributed by atoms with Gasteiger partial charge in [0.05, 0.1) is 12.0 Å². The van der Waals surface area contributed by atoms with E-state index in [2.05, 4.69) is 189 Å². The Morgan fingerprint density at radius 3 is 1.02 bits per heavy atom. The van der Waals surface area contributed by atoms with Gasteiger partial charge in [-0.25, -0.2) is 0 Å². The number of anilines is 6. The van der Waals surface area contributed by atoms with E-state index >= 15 is 0 Å². The third-order valence-electron chi connectivity index (χ3n) is 16.1. The fourth-order valence-corrected chi connectivity index (χ4v) is 12.0. The molecule has 0 amide bonds. The highest BCUT2D eigenvalue weighted by atomic mass is 16.2. The number of allylic oxidation sites excluding steroid dienone is 1. The number of aldehydes is 1. The monoisotopic (exact) mass is 1100 g/mol. The van der Waals surface area contributed by atoms with Crippen molar-refractivity contribution in [2.45, 2.75) is 51.9 Å². The van der Waals surface area contributed by atoms with E-state index < -0.39 is 0 Å². The molecular formula is C76H62N2O6. The first-order valence-corrected chi connectivity index (χ1v) is 28.2. The fourth-order valence-electron chi connectivity index (χ4n) is 12.0. The van der Waals surface area contributed by atoms with Gasteiger partial charge in [-0.3, -0.25) is 24.0 Å². The van der Waals surface area contributed by atoms with Crippen LogP contribution in [0.15, 0.2) is 248 Å². The van der Waals surface area contributed by atoms with E-state index in [-0.39, 0.29) is 52.6 Å². The number of fused-ring (bicyclic) bond motifs is 8. The predicted molar refractivity (Wildman–Crippen MR) is 338 cm³/mol. The molecule has 10 aromatic carbocycles. The Balaban J connectivity index is 0.000000146. The molecule has 84 heavy (non-hydrogen) atoms. The fraction of sp³-hybridized carbons (Fsp3) is 0.118. The van der Waals surface area contributed by atoms with Gasteiger partial charge in [0.25, 0.3) is 0 Å². The Labute approximate surface area is 490 Å². The van der Waals surface area contributed by atoms with Gasteiger partial charge in [0.1, 0.15) is 6.29 Å². The summed E-state index contributed by atoms with van der Waals surface area (Å²) in [6.45, 7) is 10.9. The lowest BCUT2D eigenvalue weighted by molar-refractivity contribution is 0.0919. The largest absolute Gasteiger partial charge is 0.397 e. The molecule has 0 heterocycles. The van der Waals surface area contributed by atoms with Gasteiger partial charge in [0.15, 0.2) is 23.1 Å². The summed E-state index contributed by atoms with van der Waals surface area (Å²) in [4.78, 5) is 64.0. The molecule has 0 atom stereocenters. The zero-order valence-electron chi connectivity index (χ0n) is 47.5. The summed E-state index contributed by atoms with van der Waals surface area (Å²) in [5, 5.41) is 7.57. The molecule has 0 aliphatic heterocycles. The Hall–Kier alpha value is -10.2. The van der Waals surface area contributed by atoms with Gasteiger partial charge in [0.2, 0.25) is 0 Å². The number of para-hydroxylation sites is 4. The van der Waals surface area contributed by atoms with Crippen molar-refractivity contribution >= 4 is 69.6 Å². The van der Waals surface area contributed by atoms with Crippen LogP contribution in [0.1, 0.15) is 121 Å². The molecule has 0 radical (unpaired) electrons. The average molecular weight is 1100 g/mol. The molecule has 0 saturated heterocycles. The Bertz CT molecular complexity index is 4050. The van der Waals surface area contributed by atoms with E-state index in [0.29, 0.717) is 22.3 Å². The number of benzene rings is 10. The summed E-state index contributed by atoms with van der Waals surface area (Å²) in [6, 6.07) is 81.4. The van der Waals surface area contributed by atoms with Crippen molar-refractivity contribution in [1.82, 2.24) is 0 Å². The lowest BCUT2D eigenvalue weighted by atomic mass is 9.81. The van der Waals surface area contributed by atoms with Crippen LogP contribution in [0.4, 0.5) is 34.1 Å². The van der Waals surface area contributed by atoms with Crippen molar-refractivity contribution < 1.29 is 29.1 Å². The third kappa shape index (κ3) is 10.4. The van der Waals surface area contributed by atoms with Crippen LogP contribution in [0.2, 0.25) is 0 Å². The van der Waals surface area contributed by atoms with Gasteiger partial charge in [-0.15, -0.1) is 0 Å². The molecule has 0 fully saturated rings. The number of aliphatic hydroxyl groups is 1. The molecule has 4 aliphatic rings. The molecule has 0 spiro atoms. The quantitative estimate of drug-likeness (QED) is 0.0693. The number of aliphatic hydroxyl groups excluding tert-OH is 1. The predicted octanol–water partition coefficient (Wildman–Crippen LogP) is 17.7. The van der Waals surface area contributed by atoms with Crippen molar-refractivity contribution in [1.29, 1.82) is 0 Å². The van der Waals surface area contributed by atoms with Crippen LogP contribution in [-0.4, -0.2) is 41.1 Å². The number of carbonyl (C=O) groups excluding carboxylic acids is 5. The number of nitrogens with zero attached hydrogens (tertiary/aromatic N) is 2. The Morgan fingerprint density at radius 1 is 0.369 bits per heavy atom. The summed E-state index contributed by atoms with van der Waals surface area (Å²) >= 11 is 0. The maximum Gasteiger partial charge on any atom is 0.197 e. The summed E-state index contributed by atoms with van der Waals surface area (Å²) in [7, 11) is 0. The summed E-state index contributed by atoms with van der Waals surface area (Å²) in [5.74, 6) is -0.499. The van der Waals surface area contributed by atoms with Crippen LogP contribution in [-0.2, 0) is 10.8 Å². The Morgan fingerprint density at radius 2 is 0.667 bits per heavy atom. The van der Waals surface area contributed by atoms with E-state index in [1.54, 1.807) is 61.5 Å². The van der Waals surface area contributed by atoms with Gasteiger partial charge < -0.3 is 14.9 Å². The maximum atomic E-state index is 13.0. The van der Waals surface area contributed by atoms with Crippen LogP contribution in [0.5, 0.6) is 0 Å². The molecule has 1 N–H and O–H groups in total. The van der Waals surface area contributed by atoms with Crippen molar-refractivity contribution in [3.63, 3.8) is 0 Å². The van der Waals surface area contributed by atoms with E-state index in [1.165, 1.54) is 44.5 Å². The maximum absolute atomic E-state index is 13.0. The number of ketones is 4. The SMILES string of the molecule is CC1(C)c2cc(C=C3C(=O)c4ccccc4C3=O)ccc2-c2ccc(N(c3ccccc3)c3ccccc3)cc21.CC1(C)c2cc(C=O)ccc2-c2ccc(N(c3ccccc3)c3ccccc3)cc21.CCO.O=C1CC(=O)c2ccccc21. The van der Waals surface area contributed by atoms with Crippen LogP contribution in [0, 0.1) is 0 Å². The van der Waals surface area contributed by atoms with E-state index in [0.717, 1.165) is 51.5 Å². The first-order chi connectivity index (χ1) is 40.7. The highest BCUT2D eigenvalue weighted by molar-refractivity contribution is 6.41. The molecule has 4 aliphatic carbocycles. The molecule has 0 aromatic heterocycles. The van der Waals surface area contributed by atoms with Gasteiger partial charge >= 0.3 is 0 Å². The lowest BCUT2D eigenvalue weighted by Gasteiger charge is -2.28. The molecule has 8 nitrogen and oxygen atoms in total. The number of rotatable bonds is 8. The first kappa shape index (κ1) is 55.7. The normalized spacial score (nSPS) is 13.9. The van der Waals surface area contributed by atoms with Crippen molar-refractivity contribution in [3.05, 3.63) is 304 Å². The topological polar surface area (TPSA) is 112 Å². The zero-order valence-corrected chi connectivity index (χ0v) is 47.5. The third-order valence-corrected chi connectivity index (χ3v) is 16.1. The van der Waals surface area contributed by atoms with Crippen LogP contribution in [0.3, 0.4) is 0 Å². The first-order valence-electron chi connectivity index (χ1n) is 28.2.